The predicted molar refractivity (Wildman–Crippen MR) is 109 cm³/mol. The van der Waals surface area contributed by atoms with Crippen molar-refractivity contribution in [1.82, 2.24) is 5.32 Å². The smallest absolute Gasteiger partial charge is 0.244 e. The summed E-state index contributed by atoms with van der Waals surface area (Å²) >= 11 is 0. The molecule has 2 aromatic carbocycles. The molecule has 2 atom stereocenters. The average molecular weight is 424 g/mol. The highest BCUT2D eigenvalue weighted by Crippen LogP contribution is 2.35. The molecular formula is C20H25FN2O5S. The summed E-state index contributed by atoms with van der Waals surface area (Å²) < 4.78 is 49.7. The number of benzene rings is 2. The van der Waals surface area contributed by atoms with E-state index in [-0.39, 0.29) is 17.3 Å². The van der Waals surface area contributed by atoms with Crippen LogP contribution in [0.1, 0.15) is 25.5 Å². The number of halogens is 1. The number of ether oxygens (including phenoxy) is 2. The zero-order chi connectivity index (χ0) is 21.8. The van der Waals surface area contributed by atoms with Crippen LogP contribution in [-0.2, 0) is 14.8 Å². The van der Waals surface area contributed by atoms with Crippen molar-refractivity contribution < 1.29 is 27.1 Å². The molecule has 1 amide bonds. The molecule has 0 aliphatic rings. The maximum absolute atomic E-state index is 13.1. The van der Waals surface area contributed by atoms with Gasteiger partial charge in [-0.1, -0.05) is 12.1 Å². The fourth-order valence-corrected chi connectivity index (χ4v) is 4.09. The number of hydrogen-bond donors (Lipinski definition) is 1. The predicted octanol–water partition coefficient (Wildman–Crippen LogP) is 2.87. The van der Waals surface area contributed by atoms with Crippen molar-refractivity contribution in [2.45, 2.75) is 25.9 Å². The molecule has 0 aromatic heterocycles. The summed E-state index contributed by atoms with van der Waals surface area (Å²) in [5.41, 5.74) is 0.878. The van der Waals surface area contributed by atoms with Gasteiger partial charge in [-0.15, -0.1) is 0 Å². The van der Waals surface area contributed by atoms with Crippen molar-refractivity contribution in [1.29, 1.82) is 0 Å². The molecule has 0 radical (unpaired) electrons. The molecule has 2 rings (SSSR count). The van der Waals surface area contributed by atoms with Gasteiger partial charge in [-0.2, -0.15) is 0 Å². The van der Waals surface area contributed by atoms with Gasteiger partial charge in [0.05, 0.1) is 32.2 Å². The van der Waals surface area contributed by atoms with Gasteiger partial charge in [-0.3, -0.25) is 9.10 Å². The van der Waals surface area contributed by atoms with Crippen molar-refractivity contribution in [2.75, 3.05) is 24.8 Å². The maximum Gasteiger partial charge on any atom is 0.244 e. The van der Waals surface area contributed by atoms with E-state index in [1.165, 1.54) is 39.3 Å². The van der Waals surface area contributed by atoms with Crippen LogP contribution in [0.15, 0.2) is 42.5 Å². The summed E-state index contributed by atoms with van der Waals surface area (Å²) in [6, 6.07) is 8.88. The Labute approximate surface area is 170 Å². The first kappa shape index (κ1) is 22.5. The molecule has 0 saturated heterocycles. The van der Waals surface area contributed by atoms with E-state index in [0.717, 1.165) is 10.6 Å². The number of hydrogen-bond acceptors (Lipinski definition) is 5. The van der Waals surface area contributed by atoms with Gasteiger partial charge in [-0.05, 0) is 43.7 Å². The van der Waals surface area contributed by atoms with Crippen molar-refractivity contribution >= 4 is 21.6 Å². The molecule has 1 N–H and O–H groups in total. The Kier molecular flexibility index (Phi) is 7.07. The first-order chi connectivity index (χ1) is 13.6. The van der Waals surface area contributed by atoms with Crippen molar-refractivity contribution in [2.24, 2.45) is 0 Å². The lowest BCUT2D eigenvalue weighted by Crippen LogP contribution is -2.48. The van der Waals surface area contributed by atoms with Gasteiger partial charge in [0.1, 0.15) is 23.4 Å². The lowest BCUT2D eigenvalue weighted by molar-refractivity contribution is -0.122. The number of rotatable bonds is 8. The fourth-order valence-electron chi connectivity index (χ4n) is 2.92. The third kappa shape index (κ3) is 5.38. The first-order valence-electron chi connectivity index (χ1n) is 8.85. The highest BCUT2D eigenvalue weighted by molar-refractivity contribution is 7.92. The van der Waals surface area contributed by atoms with Crippen LogP contribution in [0, 0.1) is 5.82 Å². The molecule has 0 spiro atoms. The van der Waals surface area contributed by atoms with Gasteiger partial charge >= 0.3 is 0 Å². The molecule has 29 heavy (non-hydrogen) atoms. The molecule has 0 bridgehead atoms. The van der Waals surface area contributed by atoms with Gasteiger partial charge in [0, 0.05) is 6.07 Å². The number of sulfonamides is 1. The van der Waals surface area contributed by atoms with Crippen molar-refractivity contribution in [3.05, 3.63) is 53.8 Å². The highest BCUT2D eigenvalue weighted by Gasteiger charge is 2.32. The largest absolute Gasteiger partial charge is 0.497 e. The number of carbonyl (C=O) groups is 1. The van der Waals surface area contributed by atoms with E-state index in [1.807, 2.05) is 0 Å². The molecule has 0 unspecified atom stereocenters. The third-order valence-corrected chi connectivity index (χ3v) is 5.67. The van der Waals surface area contributed by atoms with E-state index in [9.17, 15) is 17.6 Å². The summed E-state index contributed by atoms with van der Waals surface area (Å²) in [7, 11) is -0.973. The normalized spacial score (nSPS) is 13.3. The molecule has 2 aromatic rings. The lowest BCUT2D eigenvalue weighted by atomic mass is 10.1. The zero-order valence-corrected chi connectivity index (χ0v) is 17.8. The van der Waals surface area contributed by atoms with E-state index in [0.29, 0.717) is 11.3 Å². The van der Waals surface area contributed by atoms with Crippen molar-refractivity contribution in [3.63, 3.8) is 0 Å². The van der Waals surface area contributed by atoms with Crippen molar-refractivity contribution in [3.8, 4) is 11.5 Å². The second-order valence-corrected chi connectivity index (χ2v) is 8.41. The monoisotopic (exact) mass is 424 g/mol. The van der Waals surface area contributed by atoms with E-state index < -0.39 is 28.0 Å². The van der Waals surface area contributed by atoms with Gasteiger partial charge in [0.15, 0.2) is 0 Å². The van der Waals surface area contributed by atoms with Crippen LogP contribution in [-0.4, -0.2) is 40.8 Å². The molecule has 0 saturated carbocycles. The molecular weight excluding hydrogens is 399 g/mol. The zero-order valence-electron chi connectivity index (χ0n) is 17.0. The summed E-state index contributed by atoms with van der Waals surface area (Å²) in [5.74, 6) is -0.199. The first-order valence-corrected chi connectivity index (χ1v) is 10.7. The molecule has 0 fully saturated rings. The number of methoxy groups -OCH3 is 2. The fraction of sp³-hybridized carbons (Fsp3) is 0.350. The quantitative estimate of drug-likeness (QED) is 0.704. The van der Waals surface area contributed by atoms with Crippen LogP contribution < -0.4 is 19.1 Å². The minimum atomic E-state index is -3.84. The third-order valence-electron chi connectivity index (χ3n) is 4.44. The number of amides is 1. The number of anilines is 1. The molecule has 9 heteroatoms. The second-order valence-electron chi connectivity index (χ2n) is 6.55. The van der Waals surface area contributed by atoms with Crippen LogP contribution in [0.4, 0.5) is 10.1 Å². The van der Waals surface area contributed by atoms with Gasteiger partial charge in [0.25, 0.3) is 0 Å². The summed E-state index contributed by atoms with van der Waals surface area (Å²) in [4.78, 5) is 12.8. The number of nitrogens with one attached hydrogen (secondary N) is 1. The van der Waals surface area contributed by atoms with Crippen LogP contribution >= 0.6 is 0 Å². The van der Waals surface area contributed by atoms with Crippen LogP contribution in [0.2, 0.25) is 0 Å². The Bertz CT molecular complexity index is 963. The van der Waals surface area contributed by atoms with E-state index in [4.69, 9.17) is 9.47 Å². The molecule has 158 valence electrons. The van der Waals surface area contributed by atoms with Gasteiger partial charge in [-0.25, -0.2) is 12.8 Å². The van der Waals surface area contributed by atoms with Gasteiger partial charge in [0.2, 0.25) is 15.9 Å². The standard InChI is InChI=1S/C20H25FN2O5S/c1-13(15-6-8-16(21)9-7-15)22-20(24)14(2)23(29(5,25)26)18-12-17(27-3)10-11-19(18)28-4/h6-14H,1-5H3,(H,22,24)/t13-,14-/m1/s1. The minimum Gasteiger partial charge on any atom is -0.497 e. The average Bonchev–Trinajstić information content (AvgIpc) is 2.67. The Hall–Kier alpha value is -2.81. The van der Waals surface area contributed by atoms with Crippen LogP contribution in [0.3, 0.4) is 0 Å². The molecule has 7 nitrogen and oxygen atoms in total. The van der Waals surface area contributed by atoms with E-state index in [1.54, 1.807) is 31.2 Å². The SMILES string of the molecule is COc1ccc(OC)c(N([C@H](C)C(=O)N[C@H](C)c2ccc(F)cc2)S(C)(=O)=O)c1. The maximum atomic E-state index is 13.1. The summed E-state index contributed by atoms with van der Waals surface area (Å²) in [6.07, 6.45) is 1.01. The summed E-state index contributed by atoms with van der Waals surface area (Å²) in [6.45, 7) is 3.21. The Balaban J connectivity index is 2.35. The summed E-state index contributed by atoms with van der Waals surface area (Å²) in [5, 5.41) is 2.76. The van der Waals surface area contributed by atoms with Gasteiger partial charge < -0.3 is 14.8 Å². The molecule has 0 aliphatic heterocycles. The minimum absolute atomic E-state index is 0.187. The Morgan fingerprint density at radius 1 is 1.07 bits per heavy atom. The Morgan fingerprint density at radius 3 is 2.21 bits per heavy atom. The topological polar surface area (TPSA) is 84.9 Å². The van der Waals surface area contributed by atoms with Crippen LogP contribution in [0.5, 0.6) is 11.5 Å². The molecule has 0 aliphatic carbocycles. The number of nitrogens with zero attached hydrogens (tertiary/aromatic N) is 1. The Morgan fingerprint density at radius 2 is 1.69 bits per heavy atom. The second kappa shape index (κ2) is 9.13. The molecule has 0 heterocycles. The van der Waals surface area contributed by atoms with E-state index in [2.05, 4.69) is 5.32 Å². The van der Waals surface area contributed by atoms with E-state index >= 15 is 0 Å². The number of carbonyl (C=O) groups excluding carboxylic acids is 1. The lowest BCUT2D eigenvalue weighted by Gasteiger charge is -2.30. The van der Waals surface area contributed by atoms with Crippen LogP contribution in [0.25, 0.3) is 0 Å². The highest BCUT2D eigenvalue weighted by atomic mass is 32.2.